The summed E-state index contributed by atoms with van der Waals surface area (Å²) in [5, 5.41) is 5.75. The molecule has 1 aliphatic heterocycles. The van der Waals surface area contributed by atoms with Gasteiger partial charge in [-0.3, -0.25) is 0 Å². The van der Waals surface area contributed by atoms with Crippen molar-refractivity contribution in [1.82, 2.24) is 14.6 Å². The quantitative estimate of drug-likeness (QED) is 0.468. The summed E-state index contributed by atoms with van der Waals surface area (Å²) in [5.74, 6) is 1.17. The van der Waals surface area contributed by atoms with Gasteiger partial charge in [-0.15, -0.1) is 0 Å². The maximum atomic E-state index is 6.05. The Morgan fingerprint density at radius 3 is 2.42 bits per heavy atom. The Kier molecular flexibility index (Phi) is 6.34. The number of aromatic nitrogens is 3. The highest BCUT2D eigenvalue weighted by Crippen LogP contribution is 2.30. The first-order chi connectivity index (χ1) is 16.1. The van der Waals surface area contributed by atoms with Gasteiger partial charge in [-0.1, -0.05) is 67.4 Å². The van der Waals surface area contributed by atoms with Crippen molar-refractivity contribution in [2.75, 3.05) is 31.1 Å². The summed E-state index contributed by atoms with van der Waals surface area (Å²) in [6.07, 6.45) is 2.05. The van der Waals surface area contributed by atoms with E-state index in [9.17, 15) is 0 Å². The maximum Gasteiger partial charge on any atom is 0.165 e. The zero-order valence-corrected chi connectivity index (χ0v) is 20.1. The summed E-state index contributed by atoms with van der Waals surface area (Å²) in [6.45, 7) is 9.55. The highest BCUT2D eigenvalue weighted by atomic mass is 35.5. The van der Waals surface area contributed by atoms with Crippen LogP contribution in [0.4, 0.5) is 5.82 Å². The van der Waals surface area contributed by atoms with Gasteiger partial charge in [0.1, 0.15) is 12.4 Å². The van der Waals surface area contributed by atoms with E-state index in [4.69, 9.17) is 21.7 Å². The average molecular weight is 461 g/mol. The number of halogens is 1. The molecule has 0 atom stereocenters. The number of quaternary nitrogens is 1. The van der Waals surface area contributed by atoms with Gasteiger partial charge in [-0.2, -0.15) is 9.61 Å². The minimum atomic E-state index is 0.799. The lowest BCUT2D eigenvalue weighted by atomic mass is 10.1. The van der Waals surface area contributed by atoms with Gasteiger partial charge >= 0.3 is 0 Å². The SMILES string of the molecule is CCCc1cc(N2CC[NH+](Cc3ccc(Cl)cc3)CC2)n2nc(C)c(-c3ccccc3)c2n1. The number of piperazine rings is 1. The summed E-state index contributed by atoms with van der Waals surface area (Å²) in [6, 6.07) is 21.0. The molecule has 1 N–H and O–H groups in total. The molecule has 2 aromatic heterocycles. The molecule has 5 rings (SSSR count). The first-order valence-corrected chi connectivity index (χ1v) is 12.3. The Bertz CT molecular complexity index is 1230. The monoisotopic (exact) mass is 460 g/mol. The van der Waals surface area contributed by atoms with Crippen LogP contribution in [0.3, 0.4) is 0 Å². The Labute approximate surface area is 200 Å². The first kappa shape index (κ1) is 21.9. The Balaban J connectivity index is 1.43. The van der Waals surface area contributed by atoms with Crippen LogP contribution in [0.2, 0.25) is 5.02 Å². The minimum absolute atomic E-state index is 0.799. The molecule has 1 fully saturated rings. The third kappa shape index (κ3) is 4.61. The van der Waals surface area contributed by atoms with Crippen molar-refractivity contribution in [1.29, 1.82) is 0 Å². The number of nitrogens with one attached hydrogen (secondary N) is 1. The van der Waals surface area contributed by atoms with Crippen LogP contribution >= 0.6 is 11.6 Å². The molecule has 4 aromatic rings. The molecule has 0 spiro atoms. The van der Waals surface area contributed by atoms with Gasteiger partial charge in [-0.25, -0.2) is 4.98 Å². The van der Waals surface area contributed by atoms with E-state index >= 15 is 0 Å². The molecule has 0 bridgehead atoms. The molecule has 1 aliphatic rings. The summed E-state index contributed by atoms with van der Waals surface area (Å²) in [5.41, 5.74) is 6.80. The van der Waals surface area contributed by atoms with Crippen molar-refractivity contribution in [3.05, 3.63) is 82.6 Å². The molecule has 33 heavy (non-hydrogen) atoms. The number of hydrogen-bond donors (Lipinski definition) is 1. The third-order valence-electron chi connectivity index (χ3n) is 6.53. The lowest BCUT2D eigenvalue weighted by molar-refractivity contribution is -0.914. The van der Waals surface area contributed by atoms with E-state index in [2.05, 4.69) is 71.8 Å². The lowest BCUT2D eigenvalue weighted by Crippen LogP contribution is -3.13. The first-order valence-electron chi connectivity index (χ1n) is 11.9. The van der Waals surface area contributed by atoms with Crippen LogP contribution in [0.25, 0.3) is 16.8 Å². The Hall–Kier alpha value is -2.89. The van der Waals surface area contributed by atoms with Gasteiger partial charge in [0, 0.05) is 27.9 Å². The van der Waals surface area contributed by atoms with Crippen molar-refractivity contribution in [2.45, 2.75) is 33.2 Å². The van der Waals surface area contributed by atoms with E-state index < -0.39 is 0 Å². The van der Waals surface area contributed by atoms with Crippen molar-refractivity contribution in [3.63, 3.8) is 0 Å². The molecule has 0 radical (unpaired) electrons. The van der Waals surface area contributed by atoms with Crippen LogP contribution in [0.1, 0.15) is 30.3 Å². The summed E-state index contributed by atoms with van der Waals surface area (Å²) in [7, 11) is 0. The molecule has 170 valence electrons. The fourth-order valence-electron chi connectivity index (χ4n) is 4.83. The second-order valence-corrected chi connectivity index (χ2v) is 9.39. The normalized spacial score (nSPS) is 14.8. The fourth-order valence-corrected chi connectivity index (χ4v) is 4.95. The van der Waals surface area contributed by atoms with Crippen molar-refractivity contribution in [3.8, 4) is 11.1 Å². The van der Waals surface area contributed by atoms with E-state index in [1.54, 1.807) is 4.90 Å². The van der Waals surface area contributed by atoms with Crippen molar-refractivity contribution >= 4 is 23.1 Å². The molecule has 0 amide bonds. The molecule has 0 aliphatic carbocycles. The predicted octanol–water partition coefficient (Wildman–Crippen LogP) is 4.22. The zero-order chi connectivity index (χ0) is 22.8. The Morgan fingerprint density at radius 1 is 1.00 bits per heavy atom. The number of hydrogen-bond acceptors (Lipinski definition) is 3. The van der Waals surface area contributed by atoms with Crippen LogP contribution in [-0.4, -0.2) is 40.8 Å². The molecule has 1 saturated heterocycles. The maximum absolute atomic E-state index is 6.05. The molecule has 6 heteroatoms. The molecule has 2 aromatic carbocycles. The summed E-state index contributed by atoms with van der Waals surface area (Å²) >= 11 is 6.05. The van der Waals surface area contributed by atoms with Gasteiger partial charge in [-0.05, 0) is 31.0 Å². The number of fused-ring (bicyclic) bond motifs is 1. The molecular formula is C27H31ClN5+. The Morgan fingerprint density at radius 2 is 1.73 bits per heavy atom. The van der Waals surface area contributed by atoms with E-state index in [0.717, 1.165) is 73.2 Å². The molecule has 3 heterocycles. The van der Waals surface area contributed by atoms with Crippen LogP contribution in [0.5, 0.6) is 0 Å². The lowest BCUT2D eigenvalue weighted by Gasteiger charge is -2.33. The zero-order valence-electron chi connectivity index (χ0n) is 19.4. The van der Waals surface area contributed by atoms with Gasteiger partial charge in [0.15, 0.2) is 5.65 Å². The van der Waals surface area contributed by atoms with E-state index in [0.29, 0.717) is 0 Å². The second-order valence-electron chi connectivity index (χ2n) is 8.96. The van der Waals surface area contributed by atoms with E-state index in [1.165, 1.54) is 16.9 Å². The van der Waals surface area contributed by atoms with E-state index in [-0.39, 0.29) is 0 Å². The summed E-state index contributed by atoms with van der Waals surface area (Å²) in [4.78, 5) is 9.15. The second kappa shape index (κ2) is 9.54. The third-order valence-corrected chi connectivity index (χ3v) is 6.78. The topological polar surface area (TPSA) is 37.9 Å². The van der Waals surface area contributed by atoms with Crippen LogP contribution in [0.15, 0.2) is 60.7 Å². The predicted molar refractivity (Wildman–Crippen MR) is 135 cm³/mol. The molecule has 0 unspecified atom stereocenters. The van der Waals surface area contributed by atoms with E-state index in [1.807, 2.05) is 12.1 Å². The minimum Gasteiger partial charge on any atom is -0.345 e. The van der Waals surface area contributed by atoms with Crippen LogP contribution in [-0.2, 0) is 13.0 Å². The smallest absolute Gasteiger partial charge is 0.165 e. The molecule has 5 nitrogen and oxygen atoms in total. The van der Waals surface area contributed by atoms with Gasteiger partial charge in [0.05, 0.1) is 31.9 Å². The number of benzene rings is 2. The van der Waals surface area contributed by atoms with Crippen molar-refractivity contribution in [2.24, 2.45) is 0 Å². The average Bonchev–Trinajstić information content (AvgIpc) is 3.17. The van der Waals surface area contributed by atoms with Crippen LogP contribution < -0.4 is 9.80 Å². The molecular weight excluding hydrogens is 430 g/mol. The van der Waals surface area contributed by atoms with Crippen molar-refractivity contribution < 1.29 is 4.90 Å². The van der Waals surface area contributed by atoms with Crippen LogP contribution in [0, 0.1) is 6.92 Å². The number of aryl methyl sites for hydroxylation is 2. The van der Waals surface area contributed by atoms with Gasteiger partial charge in [0.25, 0.3) is 0 Å². The highest BCUT2D eigenvalue weighted by molar-refractivity contribution is 6.30. The van der Waals surface area contributed by atoms with Gasteiger partial charge in [0.2, 0.25) is 0 Å². The number of nitrogens with zero attached hydrogens (tertiary/aromatic N) is 4. The largest absolute Gasteiger partial charge is 0.345 e. The molecule has 0 saturated carbocycles. The standard InChI is InChI=1S/C27H30ClN5/c1-3-7-24-18-25(32-16-14-31(15-17-32)19-21-10-12-23(28)13-11-21)33-27(29-24)26(20(2)30-33)22-8-5-4-6-9-22/h4-6,8-13,18H,3,7,14-17,19H2,1-2H3/p+1. The fraction of sp³-hybridized carbons (Fsp3) is 0.333. The summed E-state index contributed by atoms with van der Waals surface area (Å²) < 4.78 is 2.07. The highest BCUT2D eigenvalue weighted by Gasteiger charge is 2.25. The number of anilines is 1. The van der Waals surface area contributed by atoms with Gasteiger partial charge < -0.3 is 9.80 Å². The number of rotatable bonds is 6.